The molecule has 1 aromatic rings. The van der Waals surface area contributed by atoms with Crippen LogP contribution in [-0.2, 0) is 16.0 Å². The van der Waals surface area contributed by atoms with Crippen molar-refractivity contribution in [2.75, 3.05) is 33.4 Å². The summed E-state index contributed by atoms with van der Waals surface area (Å²) >= 11 is 0. The SMILES string of the molecule is CN=C(NCc1ccnc(OC2CCCC2)c1)N1CCOC(C2CCCO2)C1.I. The van der Waals surface area contributed by atoms with Crippen molar-refractivity contribution < 1.29 is 14.2 Å². The predicted octanol–water partition coefficient (Wildman–Crippen LogP) is 2.98. The van der Waals surface area contributed by atoms with Crippen LogP contribution < -0.4 is 10.1 Å². The monoisotopic (exact) mass is 516 g/mol. The van der Waals surface area contributed by atoms with E-state index in [4.69, 9.17) is 14.2 Å². The molecule has 29 heavy (non-hydrogen) atoms. The number of rotatable bonds is 5. The fourth-order valence-electron chi connectivity index (χ4n) is 4.30. The number of nitrogens with one attached hydrogen (secondary N) is 1. The van der Waals surface area contributed by atoms with Gasteiger partial charge in [-0.3, -0.25) is 4.99 Å². The van der Waals surface area contributed by atoms with Gasteiger partial charge in [0.05, 0.1) is 12.7 Å². The first-order valence-corrected chi connectivity index (χ1v) is 10.6. The average Bonchev–Trinajstić information content (AvgIpc) is 3.43. The lowest BCUT2D eigenvalue weighted by Gasteiger charge is -2.37. The Morgan fingerprint density at radius 3 is 2.79 bits per heavy atom. The highest BCUT2D eigenvalue weighted by atomic mass is 127. The van der Waals surface area contributed by atoms with Crippen molar-refractivity contribution >= 4 is 29.9 Å². The van der Waals surface area contributed by atoms with Crippen LogP contribution in [0.3, 0.4) is 0 Å². The minimum atomic E-state index is 0. The Labute approximate surface area is 190 Å². The molecule has 162 valence electrons. The Balaban J connectivity index is 0.00000240. The van der Waals surface area contributed by atoms with Crippen LogP contribution in [0.1, 0.15) is 44.1 Å². The topological polar surface area (TPSA) is 68.2 Å². The lowest BCUT2D eigenvalue weighted by Crippen LogP contribution is -2.53. The first-order chi connectivity index (χ1) is 13.8. The van der Waals surface area contributed by atoms with Gasteiger partial charge in [-0.1, -0.05) is 0 Å². The highest BCUT2D eigenvalue weighted by Crippen LogP contribution is 2.23. The van der Waals surface area contributed by atoms with Crippen molar-refractivity contribution in [3.05, 3.63) is 23.9 Å². The Morgan fingerprint density at radius 2 is 2.03 bits per heavy atom. The molecule has 1 aliphatic carbocycles. The summed E-state index contributed by atoms with van der Waals surface area (Å²) in [5.41, 5.74) is 1.15. The molecule has 4 rings (SSSR count). The van der Waals surface area contributed by atoms with Gasteiger partial charge in [0.15, 0.2) is 5.96 Å². The summed E-state index contributed by atoms with van der Waals surface area (Å²) in [7, 11) is 1.83. The molecule has 3 heterocycles. The van der Waals surface area contributed by atoms with E-state index in [1.54, 1.807) is 0 Å². The maximum atomic E-state index is 6.03. The van der Waals surface area contributed by atoms with Crippen LogP contribution in [0, 0.1) is 0 Å². The van der Waals surface area contributed by atoms with Gasteiger partial charge in [-0.25, -0.2) is 4.98 Å². The highest BCUT2D eigenvalue weighted by molar-refractivity contribution is 14.0. The molecule has 3 fully saturated rings. The summed E-state index contributed by atoms with van der Waals surface area (Å²) < 4.78 is 17.8. The zero-order valence-corrected chi connectivity index (χ0v) is 19.5. The summed E-state index contributed by atoms with van der Waals surface area (Å²) in [6.45, 7) is 3.91. The molecule has 2 unspecified atom stereocenters. The lowest BCUT2D eigenvalue weighted by atomic mass is 10.1. The van der Waals surface area contributed by atoms with E-state index in [0.29, 0.717) is 19.3 Å². The fraction of sp³-hybridized carbons (Fsp3) is 0.714. The molecule has 2 atom stereocenters. The summed E-state index contributed by atoms with van der Waals surface area (Å²) in [6, 6.07) is 4.06. The van der Waals surface area contributed by atoms with Crippen molar-refractivity contribution in [1.82, 2.24) is 15.2 Å². The molecule has 0 spiro atoms. The van der Waals surface area contributed by atoms with Crippen LogP contribution in [-0.4, -0.2) is 67.5 Å². The molecule has 7 nitrogen and oxygen atoms in total. The number of nitrogens with zero attached hydrogens (tertiary/aromatic N) is 3. The molecule has 0 amide bonds. The zero-order valence-electron chi connectivity index (χ0n) is 17.2. The number of halogens is 1. The standard InChI is InChI=1S/C21H32N4O3.HI/c1-22-21(25-10-12-27-19(15-25)18-7-4-11-26-18)24-14-16-8-9-23-20(13-16)28-17-5-2-3-6-17;/h8-9,13,17-19H,2-7,10-12,14-15H2,1H3,(H,22,24);1H. The van der Waals surface area contributed by atoms with Crippen LogP contribution in [0.15, 0.2) is 23.3 Å². The molecule has 8 heteroatoms. The van der Waals surface area contributed by atoms with Crippen LogP contribution >= 0.6 is 24.0 Å². The predicted molar refractivity (Wildman–Crippen MR) is 123 cm³/mol. The van der Waals surface area contributed by atoms with E-state index in [1.807, 2.05) is 25.4 Å². The highest BCUT2D eigenvalue weighted by Gasteiger charge is 2.32. The quantitative estimate of drug-likeness (QED) is 0.369. The second-order valence-electron chi connectivity index (χ2n) is 7.83. The van der Waals surface area contributed by atoms with Crippen molar-refractivity contribution in [2.45, 2.75) is 63.4 Å². The Kier molecular flexibility index (Phi) is 8.80. The molecule has 0 radical (unpaired) electrons. The third-order valence-electron chi connectivity index (χ3n) is 5.82. The van der Waals surface area contributed by atoms with Gasteiger partial charge in [-0.05, 0) is 50.2 Å². The lowest BCUT2D eigenvalue weighted by molar-refractivity contribution is -0.0817. The van der Waals surface area contributed by atoms with E-state index in [1.165, 1.54) is 12.8 Å². The minimum Gasteiger partial charge on any atom is -0.474 e. The van der Waals surface area contributed by atoms with Gasteiger partial charge < -0.3 is 24.4 Å². The molecule has 3 aliphatic rings. The molecule has 1 aromatic heterocycles. The maximum absolute atomic E-state index is 6.03. The van der Waals surface area contributed by atoms with Gasteiger partial charge in [0.1, 0.15) is 12.2 Å². The van der Waals surface area contributed by atoms with Gasteiger partial charge in [-0.2, -0.15) is 0 Å². The Hall–Kier alpha value is -1.13. The van der Waals surface area contributed by atoms with Crippen molar-refractivity contribution in [3.63, 3.8) is 0 Å². The maximum Gasteiger partial charge on any atom is 0.213 e. The molecule has 1 N–H and O–H groups in total. The minimum absolute atomic E-state index is 0. The van der Waals surface area contributed by atoms with Gasteiger partial charge in [0.2, 0.25) is 5.88 Å². The number of morpholine rings is 1. The van der Waals surface area contributed by atoms with E-state index in [-0.39, 0.29) is 36.2 Å². The second kappa shape index (κ2) is 11.3. The molecular weight excluding hydrogens is 483 g/mol. The number of hydrogen-bond acceptors (Lipinski definition) is 5. The van der Waals surface area contributed by atoms with Crippen molar-refractivity contribution in [2.24, 2.45) is 4.99 Å². The van der Waals surface area contributed by atoms with Crippen LogP contribution in [0.5, 0.6) is 5.88 Å². The molecule has 2 aliphatic heterocycles. The molecule has 0 aromatic carbocycles. The van der Waals surface area contributed by atoms with Gasteiger partial charge >= 0.3 is 0 Å². The number of aliphatic imine (C=N–C) groups is 1. The van der Waals surface area contributed by atoms with Crippen LogP contribution in [0.25, 0.3) is 0 Å². The summed E-state index contributed by atoms with van der Waals surface area (Å²) in [5.74, 6) is 1.63. The average molecular weight is 516 g/mol. The fourth-order valence-corrected chi connectivity index (χ4v) is 4.30. The molecule has 2 saturated heterocycles. The largest absolute Gasteiger partial charge is 0.474 e. The summed E-state index contributed by atoms with van der Waals surface area (Å²) in [6.07, 6.45) is 9.51. The smallest absolute Gasteiger partial charge is 0.213 e. The third kappa shape index (κ3) is 6.18. The first-order valence-electron chi connectivity index (χ1n) is 10.6. The van der Waals surface area contributed by atoms with Gasteiger partial charge in [-0.15, -0.1) is 24.0 Å². The number of guanidine groups is 1. The second-order valence-corrected chi connectivity index (χ2v) is 7.83. The van der Waals surface area contributed by atoms with Gasteiger partial charge in [0.25, 0.3) is 0 Å². The molecule has 1 saturated carbocycles. The van der Waals surface area contributed by atoms with Crippen molar-refractivity contribution in [1.29, 1.82) is 0 Å². The summed E-state index contributed by atoms with van der Waals surface area (Å²) in [5, 5.41) is 3.48. The summed E-state index contributed by atoms with van der Waals surface area (Å²) in [4.78, 5) is 11.1. The van der Waals surface area contributed by atoms with Crippen molar-refractivity contribution in [3.8, 4) is 5.88 Å². The number of hydrogen-bond donors (Lipinski definition) is 1. The van der Waals surface area contributed by atoms with Crippen LogP contribution in [0.4, 0.5) is 0 Å². The Morgan fingerprint density at radius 1 is 1.21 bits per heavy atom. The molecule has 0 bridgehead atoms. The normalized spacial score (nSPS) is 25.7. The van der Waals surface area contributed by atoms with E-state index in [9.17, 15) is 0 Å². The van der Waals surface area contributed by atoms with E-state index >= 15 is 0 Å². The van der Waals surface area contributed by atoms with E-state index in [2.05, 4.69) is 20.2 Å². The van der Waals surface area contributed by atoms with E-state index < -0.39 is 0 Å². The first kappa shape index (κ1) is 22.6. The van der Waals surface area contributed by atoms with Gasteiger partial charge in [0, 0.05) is 45.6 Å². The number of ether oxygens (including phenoxy) is 3. The van der Waals surface area contributed by atoms with E-state index in [0.717, 1.165) is 62.8 Å². The number of pyridine rings is 1. The molecular formula is C21H33IN4O3. The Bertz CT molecular complexity index is 663. The number of aromatic nitrogens is 1. The van der Waals surface area contributed by atoms with Crippen LogP contribution in [0.2, 0.25) is 0 Å². The zero-order chi connectivity index (χ0) is 19.2. The third-order valence-corrected chi connectivity index (χ3v) is 5.82.